The normalized spacial score (nSPS) is 14.4. The molecular formula is C47H80NO10P. The maximum Gasteiger partial charge on any atom is 0.472 e. The number of rotatable bonds is 41. The number of carboxylic acid groups (broad SMARTS) is 1. The van der Waals surface area contributed by atoms with Crippen molar-refractivity contribution in [1.82, 2.24) is 5.32 Å². The van der Waals surface area contributed by atoms with Crippen molar-refractivity contribution in [2.45, 2.75) is 187 Å². The summed E-state index contributed by atoms with van der Waals surface area (Å²) in [5.74, 6) is -2.42. The maximum atomic E-state index is 12.3. The first-order valence-corrected chi connectivity index (χ1v) is 24.0. The quantitative estimate of drug-likeness (QED) is 0.0201. The van der Waals surface area contributed by atoms with Gasteiger partial charge in [0.2, 0.25) is 5.91 Å². The minimum Gasteiger partial charge on any atom is -0.480 e. The largest absolute Gasteiger partial charge is 0.480 e. The van der Waals surface area contributed by atoms with Gasteiger partial charge in [-0.1, -0.05) is 151 Å². The predicted molar refractivity (Wildman–Crippen MR) is 240 cm³/mol. The lowest BCUT2D eigenvalue weighted by Crippen LogP contribution is -2.43. The molecule has 0 bridgehead atoms. The Hall–Kier alpha value is -3.08. The molecule has 0 aliphatic rings. The Morgan fingerprint density at radius 3 is 1.44 bits per heavy atom. The Labute approximate surface area is 357 Å². The molecule has 0 radical (unpaired) electrons. The zero-order valence-corrected chi connectivity index (χ0v) is 37.4. The monoisotopic (exact) mass is 850 g/mol. The zero-order valence-electron chi connectivity index (χ0n) is 36.5. The molecule has 0 aromatic carbocycles. The molecule has 4 N–H and O–H groups in total. The molecule has 3 atom stereocenters. The minimum atomic E-state index is -4.77. The van der Waals surface area contributed by atoms with Gasteiger partial charge in [-0.25, -0.2) is 9.36 Å². The Kier molecular flexibility index (Phi) is 39.5. The van der Waals surface area contributed by atoms with Crippen LogP contribution in [0.15, 0.2) is 72.9 Å². The molecule has 0 rings (SSSR count). The molecule has 1 amide bonds. The number of aliphatic carboxylic acids is 1. The fourth-order valence-corrected chi connectivity index (χ4v) is 6.44. The van der Waals surface area contributed by atoms with Crippen LogP contribution in [-0.4, -0.2) is 64.9 Å². The standard InChI is InChI=1S/C47H80NO10P/c1-3-5-7-9-11-13-15-17-19-20-21-22-23-24-25-27-29-31-33-35-37-39-46(51)56-40-43(49)41-57-59(54,55)58-42-44(47(52)53)48-45(50)38-36-34-32-30-28-26-18-16-14-12-10-8-6-4-2/h10-13,16-19,21-22,24-25,43-44,49H,3-9,14-15,20,23,26-42H2,1-2H3,(H,48,50)(H,52,53)(H,54,55)/b12-10-,13-11-,18-16-,19-17-,22-21-,25-24-. The van der Waals surface area contributed by atoms with Crippen molar-refractivity contribution in [3.8, 4) is 0 Å². The van der Waals surface area contributed by atoms with Crippen LogP contribution >= 0.6 is 7.82 Å². The number of nitrogens with one attached hydrogen (secondary N) is 1. The Morgan fingerprint density at radius 2 is 0.949 bits per heavy atom. The van der Waals surface area contributed by atoms with E-state index >= 15 is 0 Å². The van der Waals surface area contributed by atoms with Gasteiger partial charge in [-0.05, 0) is 83.5 Å². The molecule has 0 aliphatic heterocycles. The van der Waals surface area contributed by atoms with Gasteiger partial charge >= 0.3 is 19.8 Å². The first-order valence-electron chi connectivity index (χ1n) is 22.5. The summed E-state index contributed by atoms with van der Waals surface area (Å²) in [4.78, 5) is 45.9. The number of esters is 1. The van der Waals surface area contributed by atoms with Crippen molar-refractivity contribution >= 4 is 25.7 Å². The van der Waals surface area contributed by atoms with Crippen LogP contribution < -0.4 is 5.32 Å². The number of unbranched alkanes of at least 4 members (excludes halogenated alkanes) is 15. The number of ether oxygens (including phenoxy) is 1. The van der Waals surface area contributed by atoms with Gasteiger partial charge in [0.1, 0.15) is 12.7 Å². The van der Waals surface area contributed by atoms with E-state index in [1.807, 2.05) is 0 Å². The van der Waals surface area contributed by atoms with Gasteiger partial charge in [-0.3, -0.25) is 18.6 Å². The fraction of sp³-hybridized carbons (Fsp3) is 0.681. The highest BCUT2D eigenvalue weighted by Gasteiger charge is 2.28. The fourth-order valence-electron chi connectivity index (χ4n) is 5.67. The number of hydrogen-bond acceptors (Lipinski definition) is 8. The number of aliphatic hydroxyl groups excluding tert-OH is 1. The highest BCUT2D eigenvalue weighted by atomic mass is 31.2. The number of carbonyl (C=O) groups is 3. The third-order valence-electron chi connectivity index (χ3n) is 9.22. The molecule has 0 spiro atoms. The highest BCUT2D eigenvalue weighted by molar-refractivity contribution is 7.47. The summed E-state index contributed by atoms with van der Waals surface area (Å²) in [6, 6.07) is -1.56. The lowest BCUT2D eigenvalue weighted by atomic mass is 10.1. The summed E-state index contributed by atoms with van der Waals surface area (Å²) in [6.07, 6.45) is 49.2. The molecule has 0 aromatic heterocycles. The summed E-state index contributed by atoms with van der Waals surface area (Å²) in [6.45, 7) is 2.48. The second kappa shape index (κ2) is 41.6. The first-order chi connectivity index (χ1) is 28.6. The van der Waals surface area contributed by atoms with E-state index in [1.54, 1.807) is 0 Å². The number of carboxylic acids is 1. The van der Waals surface area contributed by atoms with Crippen molar-refractivity contribution in [3.05, 3.63) is 72.9 Å². The summed E-state index contributed by atoms with van der Waals surface area (Å²) >= 11 is 0. The van der Waals surface area contributed by atoms with E-state index in [1.165, 1.54) is 38.5 Å². The summed E-state index contributed by atoms with van der Waals surface area (Å²) in [7, 11) is -4.77. The van der Waals surface area contributed by atoms with Gasteiger partial charge in [0, 0.05) is 12.8 Å². The number of phosphoric ester groups is 1. The van der Waals surface area contributed by atoms with Crippen LogP contribution in [0.3, 0.4) is 0 Å². The van der Waals surface area contributed by atoms with E-state index in [0.717, 1.165) is 96.3 Å². The molecule has 0 saturated heterocycles. The van der Waals surface area contributed by atoms with Gasteiger partial charge in [0.25, 0.3) is 0 Å². The van der Waals surface area contributed by atoms with Crippen molar-refractivity contribution in [2.75, 3.05) is 19.8 Å². The van der Waals surface area contributed by atoms with Gasteiger partial charge < -0.3 is 25.2 Å². The predicted octanol–water partition coefficient (Wildman–Crippen LogP) is 11.7. The number of aliphatic hydroxyl groups is 1. The smallest absolute Gasteiger partial charge is 0.472 e. The Bertz CT molecular complexity index is 1280. The molecule has 11 nitrogen and oxygen atoms in total. The molecule has 0 saturated carbocycles. The topological polar surface area (TPSA) is 169 Å². The highest BCUT2D eigenvalue weighted by Crippen LogP contribution is 2.43. The third kappa shape index (κ3) is 41.4. The number of allylic oxidation sites excluding steroid dienone is 12. The molecule has 0 aromatic rings. The van der Waals surface area contributed by atoms with Crippen molar-refractivity contribution in [2.24, 2.45) is 0 Å². The second-order valence-electron chi connectivity index (χ2n) is 14.9. The van der Waals surface area contributed by atoms with Crippen molar-refractivity contribution in [3.63, 3.8) is 0 Å². The number of carbonyl (C=O) groups excluding carboxylic acids is 2. The maximum absolute atomic E-state index is 12.3. The molecule has 3 unspecified atom stereocenters. The molecule has 0 aliphatic carbocycles. The molecular weight excluding hydrogens is 769 g/mol. The van der Waals surface area contributed by atoms with Crippen LogP contribution in [0.25, 0.3) is 0 Å². The Morgan fingerprint density at radius 1 is 0.542 bits per heavy atom. The van der Waals surface area contributed by atoms with E-state index in [-0.39, 0.29) is 12.8 Å². The van der Waals surface area contributed by atoms with E-state index in [9.17, 15) is 34.1 Å². The van der Waals surface area contributed by atoms with Crippen molar-refractivity contribution < 1.29 is 47.8 Å². The van der Waals surface area contributed by atoms with Crippen LogP contribution in [0.4, 0.5) is 0 Å². The molecule has 12 heteroatoms. The SMILES string of the molecule is CCCC/C=C\C/C=C\CCCCCCCC(=O)NC(COP(=O)(O)OCC(O)COC(=O)CCCCCCC/C=C\C/C=C\C/C=C\C/C=C\CCCCC)C(=O)O. The first kappa shape index (κ1) is 55.9. The molecule has 338 valence electrons. The second-order valence-corrected chi connectivity index (χ2v) is 16.3. The lowest BCUT2D eigenvalue weighted by Gasteiger charge is -2.18. The Balaban J connectivity index is 3.94. The van der Waals surface area contributed by atoms with Gasteiger partial charge in [0.15, 0.2) is 6.04 Å². The van der Waals surface area contributed by atoms with Crippen LogP contribution in [-0.2, 0) is 32.7 Å². The number of phosphoric acid groups is 1. The van der Waals surface area contributed by atoms with E-state index in [4.69, 9.17) is 13.8 Å². The van der Waals surface area contributed by atoms with Crippen LogP contribution in [0.2, 0.25) is 0 Å². The van der Waals surface area contributed by atoms with Crippen LogP contribution in [0.1, 0.15) is 174 Å². The van der Waals surface area contributed by atoms with Gasteiger partial charge in [-0.15, -0.1) is 0 Å². The zero-order chi connectivity index (χ0) is 43.5. The summed E-state index contributed by atoms with van der Waals surface area (Å²) < 4.78 is 26.8. The average Bonchev–Trinajstić information content (AvgIpc) is 3.21. The molecule has 0 heterocycles. The lowest BCUT2D eigenvalue weighted by molar-refractivity contribution is -0.147. The van der Waals surface area contributed by atoms with E-state index in [0.29, 0.717) is 12.8 Å². The molecule has 0 fully saturated rings. The van der Waals surface area contributed by atoms with E-state index in [2.05, 4.69) is 92.1 Å². The van der Waals surface area contributed by atoms with Crippen molar-refractivity contribution in [1.29, 1.82) is 0 Å². The van der Waals surface area contributed by atoms with Crippen LogP contribution in [0.5, 0.6) is 0 Å². The summed E-state index contributed by atoms with van der Waals surface area (Å²) in [5.41, 5.74) is 0. The van der Waals surface area contributed by atoms with E-state index < -0.39 is 57.6 Å². The van der Waals surface area contributed by atoms with Gasteiger partial charge in [0.05, 0.1) is 13.2 Å². The van der Waals surface area contributed by atoms with Gasteiger partial charge in [-0.2, -0.15) is 0 Å². The van der Waals surface area contributed by atoms with Crippen LogP contribution in [0, 0.1) is 0 Å². The average molecular weight is 850 g/mol. The summed E-state index contributed by atoms with van der Waals surface area (Å²) in [5, 5.41) is 21.8. The molecule has 59 heavy (non-hydrogen) atoms. The minimum absolute atomic E-state index is 0.125. The number of amides is 1. The number of hydrogen-bond donors (Lipinski definition) is 4. The third-order valence-corrected chi connectivity index (χ3v) is 10.2.